The zero-order valence-electron chi connectivity index (χ0n) is 9.84. The molecule has 0 aromatic carbocycles. The van der Waals surface area contributed by atoms with Gasteiger partial charge >= 0.3 is 0 Å². The van der Waals surface area contributed by atoms with Crippen molar-refractivity contribution >= 4 is 32.7 Å². The molecule has 0 saturated heterocycles. The van der Waals surface area contributed by atoms with E-state index in [9.17, 15) is 4.79 Å². The van der Waals surface area contributed by atoms with Crippen LogP contribution < -0.4 is 11.3 Å². The number of halogens is 1. The third-order valence-corrected chi connectivity index (χ3v) is 3.24. The van der Waals surface area contributed by atoms with Crippen LogP contribution >= 0.6 is 15.9 Å². The first kappa shape index (κ1) is 14.0. The standard InChI is InChI=1S/C10H13BrN4O4/c11-6-1-15(4-19-5(2-16)3-17)8-7(6)9(12)13-14-10(8)18/h1,5,16-17H,2-4H2,(H2,12,13)(H,14,18). The van der Waals surface area contributed by atoms with E-state index < -0.39 is 11.7 Å². The van der Waals surface area contributed by atoms with Crippen molar-refractivity contribution < 1.29 is 14.9 Å². The highest BCUT2D eigenvalue weighted by Gasteiger charge is 2.15. The summed E-state index contributed by atoms with van der Waals surface area (Å²) in [6.07, 6.45) is 0.929. The van der Waals surface area contributed by atoms with E-state index in [0.717, 1.165) is 0 Å². The molecule has 0 fully saturated rings. The van der Waals surface area contributed by atoms with Crippen molar-refractivity contribution in [3.8, 4) is 0 Å². The number of ether oxygens (including phenoxy) is 1. The van der Waals surface area contributed by atoms with Crippen molar-refractivity contribution in [2.45, 2.75) is 12.8 Å². The van der Waals surface area contributed by atoms with Gasteiger partial charge in [-0.2, -0.15) is 5.10 Å². The summed E-state index contributed by atoms with van der Waals surface area (Å²) < 4.78 is 7.41. The van der Waals surface area contributed by atoms with E-state index >= 15 is 0 Å². The molecule has 2 rings (SSSR count). The van der Waals surface area contributed by atoms with E-state index in [0.29, 0.717) is 15.4 Å². The topological polar surface area (TPSA) is 126 Å². The molecule has 0 saturated carbocycles. The highest BCUT2D eigenvalue weighted by Crippen LogP contribution is 2.27. The highest BCUT2D eigenvalue weighted by molar-refractivity contribution is 9.10. The van der Waals surface area contributed by atoms with Crippen molar-refractivity contribution in [2.75, 3.05) is 18.9 Å². The van der Waals surface area contributed by atoms with Crippen LogP contribution in [0.25, 0.3) is 10.9 Å². The fourth-order valence-corrected chi connectivity index (χ4v) is 2.32. The van der Waals surface area contributed by atoms with Crippen LogP contribution in [0, 0.1) is 0 Å². The maximum atomic E-state index is 11.8. The molecule has 0 bridgehead atoms. The number of fused-ring (bicyclic) bond motifs is 1. The minimum Gasteiger partial charge on any atom is -0.394 e. The molecule has 0 aliphatic carbocycles. The van der Waals surface area contributed by atoms with Crippen molar-refractivity contribution in [1.82, 2.24) is 14.8 Å². The molecule has 5 N–H and O–H groups in total. The number of aromatic amines is 1. The van der Waals surface area contributed by atoms with Gasteiger partial charge in [0.2, 0.25) is 0 Å². The summed E-state index contributed by atoms with van der Waals surface area (Å²) in [5, 5.41) is 24.3. The summed E-state index contributed by atoms with van der Waals surface area (Å²) in [6.45, 7) is -0.617. The Bertz CT molecular complexity index is 634. The minimum atomic E-state index is -0.700. The first-order valence-corrected chi connectivity index (χ1v) is 6.23. The van der Waals surface area contributed by atoms with Gasteiger partial charge in [0.25, 0.3) is 5.56 Å². The number of H-pyrrole nitrogens is 1. The molecule has 2 aromatic rings. The Morgan fingerprint density at radius 1 is 1.53 bits per heavy atom. The fraction of sp³-hybridized carbons (Fsp3) is 0.400. The van der Waals surface area contributed by atoms with E-state index in [1.807, 2.05) is 0 Å². The second-order valence-electron chi connectivity index (χ2n) is 3.89. The van der Waals surface area contributed by atoms with Crippen LogP contribution in [0.3, 0.4) is 0 Å². The number of aliphatic hydroxyl groups excluding tert-OH is 2. The van der Waals surface area contributed by atoms with Crippen molar-refractivity contribution in [3.05, 3.63) is 21.0 Å². The molecule has 0 radical (unpaired) electrons. The lowest BCUT2D eigenvalue weighted by molar-refractivity contribution is -0.0486. The molecular formula is C10H13BrN4O4. The first-order valence-electron chi connectivity index (χ1n) is 5.44. The second-order valence-corrected chi connectivity index (χ2v) is 4.75. The Morgan fingerprint density at radius 2 is 2.21 bits per heavy atom. The first-order chi connectivity index (χ1) is 9.08. The normalized spacial score (nSPS) is 11.6. The van der Waals surface area contributed by atoms with Crippen LogP contribution in [0.5, 0.6) is 0 Å². The molecule has 0 atom stereocenters. The number of aromatic nitrogens is 3. The number of nitrogens with two attached hydrogens (primary N) is 1. The predicted molar refractivity (Wildman–Crippen MR) is 71.5 cm³/mol. The molecule has 19 heavy (non-hydrogen) atoms. The third kappa shape index (κ3) is 2.63. The fourth-order valence-electron chi connectivity index (χ4n) is 1.68. The largest absolute Gasteiger partial charge is 0.394 e. The number of hydrogen-bond donors (Lipinski definition) is 4. The number of nitrogens with zero attached hydrogens (tertiary/aromatic N) is 2. The SMILES string of the molecule is Nc1n[nH]c(=O)c2c1c(Br)cn2COC(CO)CO. The van der Waals surface area contributed by atoms with E-state index in [-0.39, 0.29) is 25.8 Å². The van der Waals surface area contributed by atoms with Gasteiger partial charge in [0.15, 0.2) is 5.82 Å². The van der Waals surface area contributed by atoms with Crippen molar-refractivity contribution in [3.63, 3.8) is 0 Å². The number of anilines is 1. The number of rotatable bonds is 5. The molecule has 2 aromatic heterocycles. The average Bonchev–Trinajstić information content (AvgIpc) is 2.73. The lowest BCUT2D eigenvalue weighted by Gasteiger charge is -2.13. The average molecular weight is 333 g/mol. The monoisotopic (exact) mass is 332 g/mol. The molecule has 104 valence electrons. The van der Waals surface area contributed by atoms with E-state index in [1.54, 1.807) is 6.20 Å². The van der Waals surface area contributed by atoms with Gasteiger partial charge in [-0.25, -0.2) is 5.10 Å². The van der Waals surface area contributed by atoms with E-state index in [2.05, 4.69) is 26.1 Å². The van der Waals surface area contributed by atoms with Crippen LogP contribution in [0.1, 0.15) is 0 Å². The Labute approximate surface area is 115 Å². The van der Waals surface area contributed by atoms with E-state index in [1.165, 1.54) is 4.57 Å². The zero-order chi connectivity index (χ0) is 14.0. The lowest BCUT2D eigenvalue weighted by Crippen LogP contribution is -2.24. The van der Waals surface area contributed by atoms with Crippen LogP contribution in [0.2, 0.25) is 0 Å². The van der Waals surface area contributed by atoms with Crippen LogP contribution in [0.15, 0.2) is 15.5 Å². The summed E-state index contributed by atoms with van der Waals surface area (Å²) >= 11 is 3.30. The number of nitrogen functional groups attached to an aromatic ring is 1. The molecule has 0 spiro atoms. The maximum absolute atomic E-state index is 11.8. The lowest BCUT2D eigenvalue weighted by atomic mass is 10.3. The zero-order valence-corrected chi connectivity index (χ0v) is 11.4. The summed E-state index contributed by atoms with van der Waals surface area (Å²) in [6, 6.07) is 0. The van der Waals surface area contributed by atoms with Gasteiger partial charge in [-0.15, -0.1) is 0 Å². The highest BCUT2D eigenvalue weighted by atomic mass is 79.9. The number of nitrogens with one attached hydrogen (secondary N) is 1. The van der Waals surface area contributed by atoms with Crippen LogP contribution in [0.4, 0.5) is 5.82 Å². The summed E-state index contributed by atoms with van der Waals surface area (Å²) in [5.74, 6) is 0.195. The van der Waals surface area contributed by atoms with Crippen LogP contribution in [-0.4, -0.2) is 44.3 Å². The summed E-state index contributed by atoms with van der Waals surface area (Å²) in [4.78, 5) is 11.8. The van der Waals surface area contributed by atoms with Gasteiger partial charge in [0, 0.05) is 10.7 Å². The van der Waals surface area contributed by atoms with Crippen molar-refractivity contribution in [2.24, 2.45) is 0 Å². The summed E-state index contributed by atoms with van der Waals surface area (Å²) in [5.41, 5.74) is 5.62. The Balaban J connectivity index is 2.39. The van der Waals surface area contributed by atoms with Gasteiger partial charge in [0.1, 0.15) is 18.4 Å². The Kier molecular flexibility index (Phi) is 4.20. The third-order valence-electron chi connectivity index (χ3n) is 2.64. The van der Waals surface area contributed by atoms with Gasteiger partial charge in [0.05, 0.1) is 18.6 Å². The Morgan fingerprint density at radius 3 is 2.84 bits per heavy atom. The molecule has 0 aliphatic rings. The second kappa shape index (κ2) is 5.70. The molecule has 8 nitrogen and oxygen atoms in total. The number of hydrogen-bond acceptors (Lipinski definition) is 6. The predicted octanol–water partition coefficient (Wildman–Crippen LogP) is -0.603. The van der Waals surface area contributed by atoms with Gasteiger partial charge in [-0.1, -0.05) is 0 Å². The smallest absolute Gasteiger partial charge is 0.288 e. The molecule has 0 unspecified atom stereocenters. The van der Waals surface area contributed by atoms with Gasteiger partial charge in [-0.3, -0.25) is 4.79 Å². The quantitative estimate of drug-likeness (QED) is 0.579. The van der Waals surface area contributed by atoms with Crippen LogP contribution in [-0.2, 0) is 11.5 Å². The van der Waals surface area contributed by atoms with E-state index in [4.69, 9.17) is 20.7 Å². The minimum absolute atomic E-state index is 0.000417. The number of aliphatic hydroxyl groups is 2. The maximum Gasteiger partial charge on any atom is 0.288 e. The molecule has 9 heteroatoms. The van der Waals surface area contributed by atoms with Gasteiger partial charge in [-0.05, 0) is 15.9 Å². The molecular weight excluding hydrogens is 320 g/mol. The summed E-state index contributed by atoms with van der Waals surface area (Å²) in [7, 11) is 0. The van der Waals surface area contributed by atoms with Crippen molar-refractivity contribution in [1.29, 1.82) is 0 Å². The molecule has 0 aliphatic heterocycles. The molecule has 2 heterocycles. The van der Waals surface area contributed by atoms with Gasteiger partial charge < -0.3 is 25.3 Å². The molecule has 0 amide bonds. The Hall–Kier alpha value is -1.42.